The van der Waals surface area contributed by atoms with Gasteiger partial charge in [-0.25, -0.2) is 0 Å². The Morgan fingerprint density at radius 2 is 1.54 bits per heavy atom. The number of carbonyl (C=O) groups excluding carboxylic acids is 2. The quantitative estimate of drug-likeness (QED) is 0.537. The Bertz CT molecular complexity index is 716. The van der Waals surface area contributed by atoms with Gasteiger partial charge in [-0.15, -0.1) is 0 Å². The molecule has 0 bridgehead atoms. The highest BCUT2D eigenvalue weighted by Crippen LogP contribution is 2.15. The lowest BCUT2D eigenvalue weighted by molar-refractivity contribution is -0.143. The summed E-state index contributed by atoms with van der Waals surface area (Å²) in [4.78, 5) is 23.6. The van der Waals surface area contributed by atoms with Gasteiger partial charge in [0.15, 0.2) is 0 Å². The van der Waals surface area contributed by atoms with Gasteiger partial charge in [0.1, 0.15) is 31.3 Å². The Balaban J connectivity index is 1.64. The molecule has 0 aliphatic carbocycles. The van der Waals surface area contributed by atoms with E-state index in [-0.39, 0.29) is 25.7 Å². The molecule has 0 spiro atoms. The van der Waals surface area contributed by atoms with Crippen LogP contribution >= 0.6 is 11.6 Å². The van der Waals surface area contributed by atoms with Gasteiger partial charge in [-0.3, -0.25) is 9.59 Å². The van der Waals surface area contributed by atoms with Gasteiger partial charge in [-0.2, -0.15) is 0 Å². The first kappa shape index (κ1) is 19.6. The largest absolute Gasteiger partial charge is 0.494 e. The van der Waals surface area contributed by atoms with E-state index in [9.17, 15) is 9.59 Å². The highest BCUT2D eigenvalue weighted by molar-refractivity contribution is 6.30. The van der Waals surface area contributed by atoms with E-state index in [1.807, 2.05) is 6.92 Å². The fraction of sp³-hybridized carbons (Fsp3) is 0.263. The van der Waals surface area contributed by atoms with E-state index in [1.165, 1.54) is 0 Å². The summed E-state index contributed by atoms with van der Waals surface area (Å²) in [6.45, 7) is 2.51. The zero-order valence-corrected chi connectivity index (χ0v) is 15.1. The standard InChI is InChI=1S/C19H20ClNO5/c1-2-24-16-7-3-14(4-8-16)19(23)21-13-18(22)26-12-11-25-17-9-5-15(20)6-10-17/h3-10H,2,11-13H2,1H3,(H,21,23). The minimum atomic E-state index is -0.538. The number of nitrogens with one attached hydrogen (secondary N) is 1. The first-order valence-electron chi connectivity index (χ1n) is 8.13. The molecule has 0 fully saturated rings. The van der Waals surface area contributed by atoms with Gasteiger partial charge in [0, 0.05) is 10.6 Å². The second-order valence-corrected chi connectivity index (χ2v) is 5.60. The minimum Gasteiger partial charge on any atom is -0.494 e. The zero-order chi connectivity index (χ0) is 18.8. The zero-order valence-electron chi connectivity index (χ0n) is 14.4. The fourth-order valence-electron chi connectivity index (χ4n) is 2.02. The third kappa shape index (κ3) is 6.64. The SMILES string of the molecule is CCOc1ccc(C(=O)NCC(=O)OCCOc2ccc(Cl)cc2)cc1. The van der Waals surface area contributed by atoms with Crippen LogP contribution in [0.5, 0.6) is 11.5 Å². The molecule has 0 aliphatic rings. The van der Waals surface area contributed by atoms with Crippen molar-refractivity contribution >= 4 is 23.5 Å². The molecule has 1 N–H and O–H groups in total. The number of amides is 1. The second kappa shape index (κ2) is 10.3. The number of benzene rings is 2. The number of carbonyl (C=O) groups is 2. The third-order valence-electron chi connectivity index (χ3n) is 3.25. The van der Waals surface area contributed by atoms with Gasteiger partial charge in [0.25, 0.3) is 5.91 Å². The Morgan fingerprint density at radius 1 is 0.923 bits per heavy atom. The first-order valence-corrected chi connectivity index (χ1v) is 8.51. The second-order valence-electron chi connectivity index (χ2n) is 5.16. The minimum absolute atomic E-state index is 0.0837. The number of esters is 1. The molecular weight excluding hydrogens is 358 g/mol. The topological polar surface area (TPSA) is 73.9 Å². The van der Waals surface area contributed by atoms with Crippen LogP contribution in [0, 0.1) is 0 Å². The van der Waals surface area contributed by atoms with E-state index in [0.29, 0.717) is 28.7 Å². The molecule has 0 atom stereocenters. The lowest BCUT2D eigenvalue weighted by Crippen LogP contribution is -2.31. The molecule has 7 heteroatoms. The average molecular weight is 378 g/mol. The molecule has 1 amide bonds. The summed E-state index contributed by atoms with van der Waals surface area (Å²) in [6, 6.07) is 13.5. The lowest BCUT2D eigenvalue weighted by atomic mass is 10.2. The van der Waals surface area contributed by atoms with Gasteiger partial charge >= 0.3 is 5.97 Å². The van der Waals surface area contributed by atoms with Crippen LogP contribution in [-0.2, 0) is 9.53 Å². The molecule has 2 aromatic carbocycles. The number of hydrogen-bond donors (Lipinski definition) is 1. The van der Waals surface area contributed by atoms with Crippen LogP contribution in [0.3, 0.4) is 0 Å². The Hall–Kier alpha value is -2.73. The molecule has 0 unspecified atom stereocenters. The van der Waals surface area contributed by atoms with E-state index in [0.717, 1.165) is 0 Å². The molecule has 0 aromatic heterocycles. The van der Waals surface area contributed by atoms with E-state index in [2.05, 4.69) is 5.32 Å². The van der Waals surface area contributed by atoms with E-state index < -0.39 is 5.97 Å². The number of rotatable bonds is 9. The van der Waals surface area contributed by atoms with Gasteiger partial charge < -0.3 is 19.5 Å². The van der Waals surface area contributed by atoms with Crippen LogP contribution in [0.25, 0.3) is 0 Å². The maximum absolute atomic E-state index is 12.0. The first-order chi connectivity index (χ1) is 12.6. The summed E-state index contributed by atoms with van der Waals surface area (Å²) in [5.41, 5.74) is 0.437. The summed E-state index contributed by atoms with van der Waals surface area (Å²) in [5.74, 6) is 0.421. The van der Waals surface area contributed by atoms with Crippen molar-refractivity contribution in [3.8, 4) is 11.5 Å². The van der Waals surface area contributed by atoms with Crippen molar-refractivity contribution in [2.24, 2.45) is 0 Å². The Labute approximate surface area is 157 Å². The maximum atomic E-state index is 12.0. The molecular formula is C19H20ClNO5. The van der Waals surface area contributed by atoms with Crippen LogP contribution < -0.4 is 14.8 Å². The van der Waals surface area contributed by atoms with Gasteiger partial charge in [-0.05, 0) is 55.5 Å². The average Bonchev–Trinajstić information content (AvgIpc) is 2.65. The number of hydrogen-bond acceptors (Lipinski definition) is 5. The van der Waals surface area contributed by atoms with Gasteiger partial charge in [-0.1, -0.05) is 11.6 Å². The molecule has 0 radical (unpaired) electrons. The molecule has 138 valence electrons. The molecule has 0 saturated carbocycles. The number of halogens is 1. The van der Waals surface area contributed by atoms with E-state index in [1.54, 1.807) is 48.5 Å². The molecule has 26 heavy (non-hydrogen) atoms. The monoisotopic (exact) mass is 377 g/mol. The van der Waals surface area contributed by atoms with Crippen molar-refractivity contribution < 1.29 is 23.8 Å². The molecule has 6 nitrogen and oxygen atoms in total. The van der Waals surface area contributed by atoms with Gasteiger partial charge in [0.2, 0.25) is 0 Å². The summed E-state index contributed by atoms with van der Waals surface area (Å²) in [6.07, 6.45) is 0. The predicted molar refractivity (Wildman–Crippen MR) is 97.9 cm³/mol. The van der Waals surface area contributed by atoms with Crippen molar-refractivity contribution in [1.29, 1.82) is 0 Å². The summed E-state index contributed by atoms with van der Waals surface area (Å²) in [5, 5.41) is 3.12. The molecule has 2 rings (SSSR count). The highest BCUT2D eigenvalue weighted by atomic mass is 35.5. The Kier molecular flexibility index (Phi) is 7.76. The molecule has 0 aliphatic heterocycles. The van der Waals surface area contributed by atoms with Crippen LogP contribution in [0.1, 0.15) is 17.3 Å². The summed E-state index contributed by atoms with van der Waals surface area (Å²) < 4.78 is 15.7. The van der Waals surface area contributed by atoms with Crippen molar-refractivity contribution in [2.45, 2.75) is 6.92 Å². The van der Waals surface area contributed by atoms with E-state index in [4.69, 9.17) is 25.8 Å². The molecule has 0 heterocycles. The summed E-state index contributed by atoms with van der Waals surface area (Å²) in [7, 11) is 0. The van der Waals surface area contributed by atoms with Crippen molar-refractivity contribution in [2.75, 3.05) is 26.4 Å². The summed E-state index contributed by atoms with van der Waals surface area (Å²) >= 11 is 5.78. The van der Waals surface area contributed by atoms with Crippen LogP contribution in [0.15, 0.2) is 48.5 Å². The number of ether oxygens (including phenoxy) is 3. The van der Waals surface area contributed by atoms with E-state index >= 15 is 0 Å². The smallest absolute Gasteiger partial charge is 0.325 e. The normalized spacial score (nSPS) is 10.1. The Morgan fingerprint density at radius 3 is 2.19 bits per heavy atom. The van der Waals surface area contributed by atoms with Gasteiger partial charge in [0.05, 0.1) is 6.61 Å². The van der Waals surface area contributed by atoms with Crippen LogP contribution in [0.2, 0.25) is 5.02 Å². The lowest BCUT2D eigenvalue weighted by Gasteiger charge is -2.09. The molecule has 2 aromatic rings. The predicted octanol–water partition coefficient (Wildman–Crippen LogP) is 3.09. The van der Waals surface area contributed by atoms with Crippen molar-refractivity contribution in [1.82, 2.24) is 5.32 Å². The molecule has 0 saturated heterocycles. The maximum Gasteiger partial charge on any atom is 0.325 e. The van der Waals surface area contributed by atoms with Crippen molar-refractivity contribution in [3.05, 3.63) is 59.1 Å². The third-order valence-corrected chi connectivity index (χ3v) is 3.50. The fourth-order valence-corrected chi connectivity index (χ4v) is 2.15. The van der Waals surface area contributed by atoms with Crippen LogP contribution in [0.4, 0.5) is 0 Å². The van der Waals surface area contributed by atoms with Crippen molar-refractivity contribution in [3.63, 3.8) is 0 Å². The highest BCUT2D eigenvalue weighted by Gasteiger charge is 2.09. The van der Waals surface area contributed by atoms with Crippen LogP contribution in [-0.4, -0.2) is 38.2 Å².